The number of nitrogens with zero attached hydrogens (tertiary/aromatic N) is 1. The van der Waals surface area contributed by atoms with Crippen molar-refractivity contribution in [2.75, 3.05) is 6.54 Å². The Balaban J connectivity index is 2.21. The molecule has 3 rings (SSSR count). The first-order valence-electron chi connectivity index (χ1n) is 6.48. The second-order valence-corrected chi connectivity index (χ2v) is 4.86. The molecule has 7 nitrogen and oxygen atoms in total. The third kappa shape index (κ3) is 2.22. The second-order valence-electron chi connectivity index (χ2n) is 4.86. The first-order valence-corrected chi connectivity index (χ1v) is 6.48. The molecule has 0 spiro atoms. The van der Waals surface area contributed by atoms with Gasteiger partial charge in [-0.1, -0.05) is 30.3 Å². The molecule has 7 heteroatoms. The SMILES string of the molecule is O=C1CC(n2c(O)c(-c3ccccc3)c(=O)[nH]c2=O)CN1. The van der Waals surface area contributed by atoms with Crippen LogP contribution in [0.1, 0.15) is 12.5 Å². The summed E-state index contributed by atoms with van der Waals surface area (Å²) in [5, 5.41) is 12.9. The van der Waals surface area contributed by atoms with E-state index in [2.05, 4.69) is 10.3 Å². The highest BCUT2D eigenvalue weighted by molar-refractivity contribution is 5.78. The van der Waals surface area contributed by atoms with Gasteiger partial charge >= 0.3 is 5.69 Å². The van der Waals surface area contributed by atoms with Crippen molar-refractivity contribution in [2.45, 2.75) is 12.5 Å². The summed E-state index contributed by atoms with van der Waals surface area (Å²) in [4.78, 5) is 37.4. The second kappa shape index (κ2) is 4.93. The normalized spacial score (nSPS) is 17.7. The fourth-order valence-electron chi connectivity index (χ4n) is 2.51. The van der Waals surface area contributed by atoms with E-state index in [1.807, 2.05) is 0 Å². The van der Waals surface area contributed by atoms with Gasteiger partial charge < -0.3 is 10.4 Å². The smallest absolute Gasteiger partial charge is 0.331 e. The fraction of sp³-hybridized carbons (Fsp3) is 0.214. The summed E-state index contributed by atoms with van der Waals surface area (Å²) in [6.07, 6.45) is 0.0910. The predicted octanol–water partition coefficient (Wildman–Crippen LogP) is -0.0298. The molecule has 1 aliphatic heterocycles. The number of hydrogen-bond donors (Lipinski definition) is 3. The zero-order valence-corrected chi connectivity index (χ0v) is 11.0. The minimum atomic E-state index is -0.723. The molecule has 1 aromatic heterocycles. The summed E-state index contributed by atoms with van der Waals surface area (Å²) in [6.45, 7) is 0.243. The molecule has 3 N–H and O–H groups in total. The van der Waals surface area contributed by atoms with Gasteiger partial charge in [-0.25, -0.2) is 4.79 Å². The summed E-state index contributed by atoms with van der Waals surface area (Å²) >= 11 is 0. The third-order valence-electron chi connectivity index (χ3n) is 3.50. The number of aromatic hydroxyl groups is 1. The lowest BCUT2D eigenvalue weighted by molar-refractivity contribution is -0.119. The van der Waals surface area contributed by atoms with Crippen LogP contribution in [0.5, 0.6) is 5.88 Å². The zero-order valence-electron chi connectivity index (χ0n) is 11.0. The van der Waals surface area contributed by atoms with Crippen molar-refractivity contribution in [2.24, 2.45) is 0 Å². The van der Waals surface area contributed by atoms with Crippen LogP contribution in [0.15, 0.2) is 39.9 Å². The molecule has 1 fully saturated rings. The number of hydrogen-bond acceptors (Lipinski definition) is 4. The van der Waals surface area contributed by atoms with Gasteiger partial charge in [-0.05, 0) is 5.56 Å². The van der Waals surface area contributed by atoms with Gasteiger partial charge in [0.05, 0.1) is 6.04 Å². The average Bonchev–Trinajstić information content (AvgIpc) is 2.85. The summed E-state index contributed by atoms with van der Waals surface area (Å²) in [5.74, 6) is -0.616. The maximum Gasteiger partial charge on any atom is 0.331 e. The minimum absolute atomic E-state index is 0.0227. The van der Waals surface area contributed by atoms with E-state index in [-0.39, 0.29) is 24.4 Å². The van der Waals surface area contributed by atoms with Crippen LogP contribution in [-0.2, 0) is 4.79 Å². The van der Waals surface area contributed by atoms with Crippen molar-refractivity contribution >= 4 is 5.91 Å². The highest BCUT2D eigenvalue weighted by atomic mass is 16.3. The topological polar surface area (TPSA) is 104 Å². The summed E-state index contributed by atoms with van der Waals surface area (Å²) < 4.78 is 1.06. The number of carbonyl (C=O) groups is 1. The van der Waals surface area contributed by atoms with Crippen molar-refractivity contribution in [3.63, 3.8) is 0 Å². The van der Waals surface area contributed by atoms with E-state index < -0.39 is 23.2 Å². The molecule has 2 aromatic rings. The van der Waals surface area contributed by atoms with E-state index >= 15 is 0 Å². The first-order chi connectivity index (χ1) is 10.1. The Morgan fingerprint density at radius 3 is 2.48 bits per heavy atom. The van der Waals surface area contributed by atoms with Gasteiger partial charge in [0.15, 0.2) is 0 Å². The van der Waals surface area contributed by atoms with Gasteiger partial charge in [-0.2, -0.15) is 0 Å². The molecule has 1 saturated heterocycles. The van der Waals surface area contributed by atoms with E-state index in [1.54, 1.807) is 30.3 Å². The van der Waals surface area contributed by atoms with Crippen LogP contribution < -0.4 is 16.6 Å². The van der Waals surface area contributed by atoms with Crippen LogP contribution in [-0.4, -0.2) is 27.1 Å². The van der Waals surface area contributed by atoms with Gasteiger partial charge in [-0.3, -0.25) is 19.1 Å². The van der Waals surface area contributed by atoms with Gasteiger partial charge in [0.25, 0.3) is 5.56 Å². The van der Waals surface area contributed by atoms with E-state index in [4.69, 9.17) is 0 Å². The predicted molar refractivity (Wildman–Crippen MR) is 75.1 cm³/mol. The van der Waals surface area contributed by atoms with Crippen LogP contribution in [0.4, 0.5) is 0 Å². The fourth-order valence-corrected chi connectivity index (χ4v) is 2.51. The number of nitrogens with one attached hydrogen (secondary N) is 2. The van der Waals surface area contributed by atoms with Crippen LogP contribution in [0.2, 0.25) is 0 Å². The molecule has 1 amide bonds. The molecule has 2 heterocycles. The zero-order chi connectivity index (χ0) is 15.0. The van der Waals surface area contributed by atoms with Crippen molar-refractivity contribution < 1.29 is 9.90 Å². The number of aromatic nitrogens is 2. The molecule has 0 radical (unpaired) electrons. The van der Waals surface area contributed by atoms with E-state index in [0.29, 0.717) is 5.56 Å². The lowest BCUT2D eigenvalue weighted by Crippen LogP contribution is -2.34. The number of aromatic amines is 1. The maximum absolute atomic E-state index is 12.0. The largest absolute Gasteiger partial charge is 0.494 e. The van der Waals surface area contributed by atoms with E-state index in [9.17, 15) is 19.5 Å². The molecular formula is C14H13N3O4. The Labute approximate surface area is 118 Å². The Hall–Kier alpha value is -2.83. The molecule has 21 heavy (non-hydrogen) atoms. The van der Waals surface area contributed by atoms with Gasteiger partial charge in [0, 0.05) is 13.0 Å². The molecule has 0 aliphatic carbocycles. The Kier molecular flexibility index (Phi) is 3.09. The molecule has 1 aromatic carbocycles. The quantitative estimate of drug-likeness (QED) is 0.721. The number of rotatable bonds is 2. The molecular weight excluding hydrogens is 274 g/mol. The summed E-state index contributed by atoms with van der Waals surface area (Å²) in [5.41, 5.74) is -0.854. The monoisotopic (exact) mass is 287 g/mol. The highest BCUT2D eigenvalue weighted by Gasteiger charge is 2.28. The minimum Gasteiger partial charge on any atom is -0.494 e. The molecule has 0 saturated carbocycles. The molecule has 1 unspecified atom stereocenters. The number of amides is 1. The van der Waals surface area contributed by atoms with Crippen LogP contribution in [0.3, 0.4) is 0 Å². The van der Waals surface area contributed by atoms with Crippen molar-refractivity contribution in [1.82, 2.24) is 14.9 Å². The van der Waals surface area contributed by atoms with Crippen LogP contribution in [0.25, 0.3) is 11.1 Å². The number of carbonyl (C=O) groups excluding carboxylic acids is 1. The number of H-pyrrole nitrogens is 1. The van der Waals surface area contributed by atoms with Crippen molar-refractivity contribution in [3.05, 3.63) is 51.2 Å². The molecule has 1 atom stereocenters. The summed E-state index contributed by atoms with van der Waals surface area (Å²) in [6, 6.07) is 8.05. The lowest BCUT2D eigenvalue weighted by Gasteiger charge is -2.15. The molecule has 108 valence electrons. The van der Waals surface area contributed by atoms with Crippen LogP contribution >= 0.6 is 0 Å². The van der Waals surface area contributed by atoms with Crippen molar-refractivity contribution in [3.8, 4) is 17.0 Å². The maximum atomic E-state index is 12.0. The first kappa shape index (κ1) is 13.2. The van der Waals surface area contributed by atoms with Gasteiger partial charge in [0.1, 0.15) is 5.56 Å². The highest BCUT2D eigenvalue weighted by Crippen LogP contribution is 2.27. The molecule has 1 aliphatic rings. The third-order valence-corrected chi connectivity index (χ3v) is 3.50. The van der Waals surface area contributed by atoms with Gasteiger partial charge in [0.2, 0.25) is 11.8 Å². The standard InChI is InChI=1S/C14H13N3O4/c18-10-6-9(7-15-10)17-13(20)11(12(19)16-14(17)21)8-4-2-1-3-5-8/h1-5,9,20H,6-7H2,(H,15,18)(H,16,19,21). The van der Waals surface area contributed by atoms with Crippen LogP contribution in [0, 0.1) is 0 Å². The molecule has 0 bridgehead atoms. The average molecular weight is 287 g/mol. The van der Waals surface area contributed by atoms with Crippen molar-refractivity contribution in [1.29, 1.82) is 0 Å². The number of benzene rings is 1. The summed E-state index contributed by atoms with van der Waals surface area (Å²) in [7, 11) is 0. The lowest BCUT2D eigenvalue weighted by atomic mass is 10.1. The Morgan fingerprint density at radius 1 is 1.14 bits per heavy atom. The van der Waals surface area contributed by atoms with Gasteiger partial charge in [-0.15, -0.1) is 0 Å². The van der Waals surface area contributed by atoms with E-state index in [1.165, 1.54) is 0 Å². The Bertz CT molecular complexity index is 807. The Morgan fingerprint density at radius 2 is 1.86 bits per heavy atom. The van der Waals surface area contributed by atoms with E-state index in [0.717, 1.165) is 4.57 Å².